The molecule has 0 amide bonds. The van der Waals surface area contributed by atoms with Gasteiger partial charge in [0.2, 0.25) is 0 Å². The maximum Gasteiger partial charge on any atom is 0.270 e. The number of rotatable bonds is 3. The molecule has 0 saturated carbocycles. The first-order valence-corrected chi connectivity index (χ1v) is 6.40. The van der Waals surface area contributed by atoms with Crippen LogP contribution < -0.4 is 0 Å². The minimum atomic E-state index is -0.492. The molecule has 3 aromatic rings. The number of H-pyrrole nitrogens is 1. The molecule has 0 bridgehead atoms. The lowest BCUT2D eigenvalue weighted by molar-refractivity contribution is -0.384. The molecule has 20 heavy (non-hydrogen) atoms. The van der Waals surface area contributed by atoms with Crippen LogP contribution in [0.1, 0.15) is 15.9 Å². The Morgan fingerprint density at radius 3 is 2.75 bits per heavy atom. The van der Waals surface area contributed by atoms with E-state index in [0.717, 1.165) is 0 Å². The van der Waals surface area contributed by atoms with Crippen molar-refractivity contribution in [2.45, 2.75) is 0 Å². The number of aromatic amines is 1. The van der Waals surface area contributed by atoms with E-state index in [4.69, 9.17) is 4.42 Å². The van der Waals surface area contributed by atoms with Crippen molar-refractivity contribution in [1.82, 2.24) is 4.98 Å². The van der Waals surface area contributed by atoms with Crippen LogP contribution >= 0.6 is 15.9 Å². The second kappa shape index (κ2) is 4.61. The standard InChI is InChI=1S/C13H7BrN2O4/c14-13-8(3-4-20-13)12(17)10-6-15-11-2-1-7(16(18)19)5-9(10)11/h1-6,15H. The molecule has 0 atom stereocenters. The summed E-state index contributed by atoms with van der Waals surface area (Å²) >= 11 is 3.15. The number of carbonyl (C=O) groups excluding carboxylic acids is 1. The van der Waals surface area contributed by atoms with Crippen LogP contribution in [0.15, 0.2) is 45.8 Å². The third kappa shape index (κ3) is 1.92. The first-order valence-electron chi connectivity index (χ1n) is 5.61. The van der Waals surface area contributed by atoms with Crippen molar-refractivity contribution in [3.63, 3.8) is 0 Å². The Balaban J connectivity index is 2.17. The molecule has 0 radical (unpaired) electrons. The Morgan fingerprint density at radius 1 is 1.30 bits per heavy atom. The van der Waals surface area contributed by atoms with Crippen molar-refractivity contribution in [2.75, 3.05) is 0 Å². The average Bonchev–Trinajstić information content (AvgIpc) is 3.03. The molecule has 6 nitrogen and oxygen atoms in total. The highest BCUT2D eigenvalue weighted by Gasteiger charge is 2.20. The molecule has 2 aromatic heterocycles. The third-order valence-corrected chi connectivity index (χ3v) is 3.60. The molecule has 0 aliphatic rings. The van der Waals surface area contributed by atoms with Crippen molar-refractivity contribution in [1.29, 1.82) is 0 Å². The molecule has 0 aliphatic heterocycles. The van der Waals surface area contributed by atoms with Gasteiger partial charge in [0.15, 0.2) is 10.5 Å². The van der Waals surface area contributed by atoms with Crippen LogP contribution in [0.3, 0.4) is 0 Å². The molecule has 1 aromatic carbocycles. The van der Waals surface area contributed by atoms with Gasteiger partial charge in [-0.05, 0) is 28.1 Å². The molecule has 0 spiro atoms. The van der Waals surface area contributed by atoms with Crippen LogP contribution in [-0.4, -0.2) is 15.7 Å². The smallest absolute Gasteiger partial charge is 0.270 e. The molecular weight excluding hydrogens is 328 g/mol. The van der Waals surface area contributed by atoms with Gasteiger partial charge in [-0.2, -0.15) is 0 Å². The second-order valence-electron chi connectivity index (χ2n) is 4.13. The number of nitro benzene ring substituents is 1. The van der Waals surface area contributed by atoms with Crippen molar-refractivity contribution in [2.24, 2.45) is 0 Å². The van der Waals surface area contributed by atoms with Gasteiger partial charge < -0.3 is 9.40 Å². The summed E-state index contributed by atoms with van der Waals surface area (Å²) in [6.45, 7) is 0. The van der Waals surface area contributed by atoms with Crippen LogP contribution in [0.4, 0.5) is 5.69 Å². The molecule has 7 heteroatoms. The summed E-state index contributed by atoms with van der Waals surface area (Å²) < 4.78 is 5.37. The summed E-state index contributed by atoms with van der Waals surface area (Å²) in [6.07, 6.45) is 2.94. The minimum Gasteiger partial charge on any atom is -0.457 e. The Hall–Kier alpha value is -2.41. The first kappa shape index (κ1) is 12.6. The van der Waals surface area contributed by atoms with E-state index in [2.05, 4.69) is 20.9 Å². The molecule has 100 valence electrons. The Labute approximate surface area is 120 Å². The summed E-state index contributed by atoms with van der Waals surface area (Å²) in [5, 5.41) is 11.3. The fraction of sp³-hybridized carbons (Fsp3) is 0. The van der Waals surface area contributed by atoms with E-state index in [1.54, 1.807) is 12.1 Å². The average molecular weight is 335 g/mol. The van der Waals surface area contributed by atoms with Crippen molar-refractivity contribution >= 4 is 38.3 Å². The van der Waals surface area contributed by atoms with Gasteiger partial charge in [-0.1, -0.05) is 0 Å². The van der Waals surface area contributed by atoms with E-state index >= 15 is 0 Å². The number of halogens is 1. The monoisotopic (exact) mass is 334 g/mol. The number of ketones is 1. The van der Waals surface area contributed by atoms with Gasteiger partial charge in [0.05, 0.1) is 16.7 Å². The number of hydrogen-bond donors (Lipinski definition) is 1. The fourth-order valence-electron chi connectivity index (χ4n) is 2.01. The van der Waals surface area contributed by atoms with Gasteiger partial charge >= 0.3 is 0 Å². The molecular formula is C13H7BrN2O4. The zero-order valence-corrected chi connectivity index (χ0v) is 11.5. The van der Waals surface area contributed by atoms with E-state index in [1.807, 2.05) is 0 Å². The SMILES string of the molecule is O=C(c1ccoc1Br)c1c[nH]c2ccc([N+](=O)[O-])cc12. The minimum absolute atomic E-state index is 0.0580. The molecule has 2 heterocycles. The highest BCUT2D eigenvalue weighted by Crippen LogP contribution is 2.28. The summed E-state index contributed by atoms with van der Waals surface area (Å²) in [7, 11) is 0. The van der Waals surface area contributed by atoms with E-state index in [1.165, 1.54) is 24.6 Å². The molecule has 0 unspecified atom stereocenters. The van der Waals surface area contributed by atoms with Crippen LogP contribution in [0, 0.1) is 10.1 Å². The van der Waals surface area contributed by atoms with Gasteiger partial charge in [0.1, 0.15) is 0 Å². The quantitative estimate of drug-likeness (QED) is 0.449. The van der Waals surface area contributed by atoms with Crippen LogP contribution in [0.2, 0.25) is 0 Å². The largest absolute Gasteiger partial charge is 0.457 e. The zero-order valence-electron chi connectivity index (χ0n) is 9.92. The number of nitrogens with one attached hydrogen (secondary N) is 1. The topological polar surface area (TPSA) is 89.1 Å². The summed E-state index contributed by atoms with van der Waals surface area (Å²) in [6, 6.07) is 5.89. The Kier molecular flexibility index (Phi) is 2.90. The number of fused-ring (bicyclic) bond motifs is 1. The van der Waals surface area contributed by atoms with Gasteiger partial charge in [0, 0.05) is 34.8 Å². The van der Waals surface area contributed by atoms with E-state index in [9.17, 15) is 14.9 Å². The number of furan rings is 1. The van der Waals surface area contributed by atoms with Crippen molar-refractivity contribution in [3.05, 3.63) is 62.6 Å². The molecule has 1 N–H and O–H groups in total. The maximum atomic E-state index is 12.4. The third-order valence-electron chi connectivity index (χ3n) is 2.98. The number of carbonyl (C=O) groups is 1. The second-order valence-corrected chi connectivity index (χ2v) is 4.85. The Bertz CT molecular complexity index is 834. The van der Waals surface area contributed by atoms with Gasteiger partial charge in [-0.3, -0.25) is 14.9 Å². The van der Waals surface area contributed by atoms with E-state index < -0.39 is 4.92 Å². The lowest BCUT2D eigenvalue weighted by Gasteiger charge is -1.97. The van der Waals surface area contributed by atoms with Crippen LogP contribution in [0.25, 0.3) is 10.9 Å². The van der Waals surface area contributed by atoms with Gasteiger partial charge in [-0.25, -0.2) is 0 Å². The molecule has 3 rings (SSSR count). The maximum absolute atomic E-state index is 12.4. The van der Waals surface area contributed by atoms with Crippen LogP contribution in [-0.2, 0) is 0 Å². The summed E-state index contributed by atoms with van der Waals surface area (Å²) in [5.74, 6) is -0.266. The lowest BCUT2D eigenvalue weighted by atomic mass is 10.0. The number of hydrogen-bond acceptors (Lipinski definition) is 4. The highest BCUT2D eigenvalue weighted by atomic mass is 79.9. The van der Waals surface area contributed by atoms with Crippen molar-refractivity contribution in [3.8, 4) is 0 Å². The zero-order chi connectivity index (χ0) is 14.3. The molecule has 0 aliphatic carbocycles. The number of aromatic nitrogens is 1. The van der Waals surface area contributed by atoms with Crippen molar-refractivity contribution < 1.29 is 14.1 Å². The summed E-state index contributed by atoms with van der Waals surface area (Å²) in [4.78, 5) is 25.7. The van der Waals surface area contributed by atoms with E-state index in [0.29, 0.717) is 26.7 Å². The first-order chi connectivity index (χ1) is 9.58. The predicted molar refractivity (Wildman–Crippen MR) is 74.8 cm³/mol. The number of nitrogens with zero attached hydrogens (tertiary/aromatic N) is 1. The number of benzene rings is 1. The van der Waals surface area contributed by atoms with Gasteiger partial charge in [-0.15, -0.1) is 0 Å². The number of nitro groups is 1. The fourth-order valence-corrected chi connectivity index (χ4v) is 2.43. The van der Waals surface area contributed by atoms with E-state index in [-0.39, 0.29) is 11.5 Å². The Morgan fingerprint density at radius 2 is 2.10 bits per heavy atom. The normalized spacial score (nSPS) is 10.8. The number of non-ortho nitro benzene ring substituents is 1. The summed E-state index contributed by atoms with van der Waals surface area (Å²) in [5.41, 5.74) is 1.35. The predicted octanol–water partition coefficient (Wildman–Crippen LogP) is 3.66. The van der Waals surface area contributed by atoms with Crippen LogP contribution in [0.5, 0.6) is 0 Å². The highest BCUT2D eigenvalue weighted by molar-refractivity contribution is 9.10. The molecule has 0 fully saturated rings. The van der Waals surface area contributed by atoms with Gasteiger partial charge in [0.25, 0.3) is 5.69 Å². The lowest BCUT2D eigenvalue weighted by Crippen LogP contribution is -1.99. The molecule has 0 saturated heterocycles.